The van der Waals surface area contributed by atoms with E-state index in [0.717, 1.165) is 76.3 Å². The Morgan fingerprint density at radius 1 is 0.647 bits per heavy atom. The van der Waals surface area contributed by atoms with E-state index in [1.54, 1.807) is 0 Å². The quantitative estimate of drug-likeness (QED) is 0.426. The monoisotopic (exact) mass is 690 g/mol. The summed E-state index contributed by atoms with van der Waals surface area (Å²) < 4.78 is 0. The van der Waals surface area contributed by atoms with E-state index in [1.165, 1.54) is 67.4 Å². The lowest BCUT2D eigenvalue weighted by atomic mass is 9.52. The SMILES string of the molecule is NC(=O)c1ccc2c(c1)C13CCN(CC4CC4)[C@H](C2)[C@@H]1CCC(=O)C3.NC(=O)c1ccc2c(c1)C13CCN(CC4CCC4)[C@H](C2)[C@@H]1CCC(=O)C3. The summed E-state index contributed by atoms with van der Waals surface area (Å²) in [5, 5.41) is 0. The number of rotatable bonds is 6. The van der Waals surface area contributed by atoms with Crippen molar-refractivity contribution in [1.29, 1.82) is 0 Å². The molecule has 8 aliphatic rings. The van der Waals surface area contributed by atoms with Gasteiger partial charge in [-0.1, -0.05) is 18.6 Å². The summed E-state index contributed by atoms with van der Waals surface area (Å²) in [5.41, 5.74) is 17.3. The van der Waals surface area contributed by atoms with Crippen LogP contribution in [0.4, 0.5) is 0 Å². The standard InChI is InChI=1S/C22H28N2O2.C21H26N2O2/c23-21(26)16-5-4-15-11-20-18-7-6-17(25)12-22(18,19(15)10-16)8-9-24(20)13-14-2-1-3-14;22-20(25)15-4-3-14-10-19-17-6-5-16(24)11-21(17,18(14)9-15)7-8-23(19)12-13-1-2-13/h4-5,10,14,18,20H,1-3,6-9,11-13H2,(H2,23,26);3-4,9,13,17,19H,1-2,5-8,10-12H2,(H2,22,25)/t18-,20+,22?;17-,19+,21?/m00/s1. The van der Waals surface area contributed by atoms with Crippen molar-refractivity contribution >= 4 is 23.4 Å². The first-order chi connectivity index (χ1) is 24.6. The van der Waals surface area contributed by atoms with Crippen molar-refractivity contribution < 1.29 is 19.2 Å². The van der Waals surface area contributed by atoms with Gasteiger partial charge in [0.25, 0.3) is 0 Å². The Balaban J connectivity index is 0.000000137. The number of nitrogens with two attached hydrogens (primary N) is 2. The number of hydrogen-bond acceptors (Lipinski definition) is 6. The first-order valence-corrected chi connectivity index (χ1v) is 20.0. The van der Waals surface area contributed by atoms with Gasteiger partial charge in [0.2, 0.25) is 11.8 Å². The number of ketones is 2. The molecule has 2 aromatic rings. The zero-order valence-electron chi connectivity index (χ0n) is 30.0. The molecule has 2 aliphatic heterocycles. The van der Waals surface area contributed by atoms with E-state index in [4.69, 9.17) is 11.5 Å². The fourth-order valence-corrected chi connectivity index (χ4v) is 12.2. The molecule has 2 amide bonds. The second kappa shape index (κ2) is 12.6. The van der Waals surface area contributed by atoms with Crippen molar-refractivity contribution in [2.24, 2.45) is 35.1 Å². The first kappa shape index (κ1) is 33.5. The molecule has 0 aromatic heterocycles. The lowest BCUT2D eigenvalue weighted by Gasteiger charge is -2.59. The Bertz CT molecular complexity index is 1780. The molecule has 6 aliphatic carbocycles. The number of primary amides is 2. The summed E-state index contributed by atoms with van der Waals surface area (Å²) in [7, 11) is 0. The van der Waals surface area contributed by atoms with E-state index in [-0.39, 0.29) is 22.6 Å². The first-order valence-electron chi connectivity index (χ1n) is 20.0. The van der Waals surface area contributed by atoms with E-state index in [0.29, 0.717) is 59.5 Å². The average Bonchev–Trinajstić information content (AvgIpc) is 3.92. The molecule has 270 valence electrons. The smallest absolute Gasteiger partial charge is 0.248 e. The topological polar surface area (TPSA) is 127 Å². The third-order valence-corrected chi connectivity index (χ3v) is 15.1. The van der Waals surface area contributed by atoms with E-state index >= 15 is 0 Å². The normalized spacial score (nSPS) is 34.1. The molecule has 2 aromatic carbocycles. The molecule has 6 fully saturated rings. The molecule has 8 heteroatoms. The van der Waals surface area contributed by atoms with E-state index < -0.39 is 0 Å². The van der Waals surface area contributed by atoms with Gasteiger partial charge in [0, 0.05) is 72.8 Å². The summed E-state index contributed by atoms with van der Waals surface area (Å²) in [5.74, 6) is 2.92. The van der Waals surface area contributed by atoms with Crippen LogP contribution in [0.5, 0.6) is 0 Å². The van der Waals surface area contributed by atoms with Gasteiger partial charge in [-0.3, -0.25) is 29.0 Å². The molecule has 51 heavy (non-hydrogen) atoms. The largest absolute Gasteiger partial charge is 0.366 e. The minimum absolute atomic E-state index is 0.0565. The molecule has 0 radical (unpaired) electrons. The Morgan fingerprint density at radius 3 is 1.49 bits per heavy atom. The maximum atomic E-state index is 12.5. The van der Waals surface area contributed by atoms with Crippen LogP contribution in [0.3, 0.4) is 0 Å². The van der Waals surface area contributed by atoms with Crippen molar-refractivity contribution in [3.05, 3.63) is 69.8 Å². The van der Waals surface area contributed by atoms with Crippen LogP contribution < -0.4 is 11.5 Å². The molecule has 10 rings (SSSR count). The summed E-state index contributed by atoms with van der Waals surface area (Å²) >= 11 is 0. The van der Waals surface area contributed by atoms with Crippen LogP contribution in [0.15, 0.2) is 36.4 Å². The van der Waals surface area contributed by atoms with Crippen LogP contribution in [0.25, 0.3) is 0 Å². The number of Topliss-reactive ketones (excluding diaryl/α,β-unsaturated/α-hetero) is 2. The van der Waals surface area contributed by atoms with Gasteiger partial charge in [-0.05, 0) is 147 Å². The Kier molecular flexibility index (Phi) is 8.30. The van der Waals surface area contributed by atoms with Gasteiger partial charge in [0.05, 0.1) is 0 Å². The van der Waals surface area contributed by atoms with Crippen LogP contribution in [-0.2, 0) is 33.3 Å². The number of benzene rings is 2. The maximum absolute atomic E-state index is 12.5. The molecule has 2 saturated heterocycles. The summed E-state index contributed by atoms with van der Waals surface area (Å²) in [4.78, 5) is 53.8. The Labute approximate surface area is 302 Å². The van der Waals surface area contributed by atoms with Crippen LogP contribution in [0.2, 0.25) is 0 Å². The van der Waals surface area contributed by atoms with Gasteiger partial charge in [-0.2, -0.15) is 0 Å². The number of likely N-dealkylation sites (tertiary alicyclic amines) is 2. The van der Waals surface area contributed by atoms with Gasteiger partial charge < -0.3 is 11.5 Å². The molecule has 4 saturated carbocycles. The molecule has 4 bridgehead atoms. The molecule has 0 spiro atoms. The summed E-state index contributed by atoms with van der Waals surface area (Å²) in [6.07, 6.45) is 15.9. The zero-order valence-corrected chi connectivity index (χ0v) is 30.0. The van der Waals surface area contributed by atoms with Crippen molar-refractivity contribution in [2.75, 3.05) is 26.2 Å². The van der Waals surface area contributed by atoms with E-state index in [1.807, 2.05) is 24.3 Å². The Morgan fingerprint density at radius 2 is 1.10 bits per heavy atom. The lowest BCUT2D eigenvalue weighted by Crippen LogP contribution is -2.62. The third kappa shape index (κ3) is 5.70. The molecule has 6 atom stereocenters. The lowest BCUT2D eigenvalue weighted by molar-refractivity contribution is -0.128. The predicted molar refractivity (Wildman–Crippen MR) is 195 cm³/mol. The second-order valence-corrected chi connectivity index (χ2v) is 17.8. The molecule has 4 N–H and O–H groups in total. The highest BCUT2D eigenvalue weighted by Crippen LogP contribution is 2.57. The number of hydrogen-bond donors (Lipinski definition) is 2. The fourth-order valence-electron chi connectivity index (χ4n) is 12.2. The predicted octanol–water partition coefficient (Wildman–Crippen LogP) is 5.26. The number of amides is 2. The highest BCUT2D eigenvalue weighted by Gasteiger charge is 2.57. The number of carbonyl (C=O) groups is 4. The van der Waals surface area contributed by atoms with Gasteiger partial charge in [0.1, 0.15) is 11.6 Å². The number of piperidine rings is 2. The molecular weight excluding hydrogens is 636 g/mol. The van der Waals surface area contributed by atoms with E-state index in [2.05, 4.69) is 21.9 Å². The minimum Gasteiger partial charge on any atom is -0.366 e. The number of carbonyl (C=O) groups excluding carboxylic acids is 4. The maximum Gasteiger partial charge on any atom is 0.248 e. The summed E-state index contributed by atoms with van der Waals surface area (Å²) in [6, 6.07) is 13.1. The minimum atomic E-state index is -0.369. The van der Waals surface area contributed by atoms with Crippen LogP contribution >= 0.6 is 0 Å². The van der Waals surface area contributed by atoms with Crippen LogP contribution in [0.1, 0.15) is 126 Å². The molecule has 2 unspecified atom stereocenters. The van der Waals surface area contributed by atoms with Crippen LogP contribution in [-0.4, -0.2) is 71.4 Å². The summed E-state index contributed by atoms with van der Waals surface area (Å²) in [6.45, 7) is 4.65. The van der Waals surface area contributed by atoms with Gasteiger partial charge in [-0.15, -0.1) is 0 Å². The highest BCUT2D eigenvalue weighted by atomic mass is 16.1. The van der Waals surface area contributed by atoms with Crippen molar-refractivity contribution in [3.8, 4) is 0 Å². The van der Waals surface area contributed by atoms with Gasteiger partial charge in [-0.25, -0.2) is 0 Å². The van der Waals surface area contributed by atoms with Gasteiger partial charge in [0.15, 0.2) is 0 Å². The van der Waals surface area contributed by atoms with Crippen molar-refractivity contribution in [3.63, 3.8) is 0 Å². The van der Waals surface area contributed by atoms with Crippen molar-refractivity contribution in [2.45, 2.75) is 119 Å². The molecule has 2 heterocycles. The fraction of sp³-hybridized carbons (Fsp3) is 0.628. The Hall–Kier alpha value is -3.36. The molecule has 8 nitrogen and oxygen atoms in total. The highest BCUT2D eigenvalue weighted by molar-refractivity contribution is 5.94. The number of nitrogens with zero attached hydrogens (tertiary/aromatic N) is 2. The molecular formula is C43H54N4O4. The van der Waals surface area contributed by atoms with Gasteiger partial charge >= 0.3 is 0 Å². The second-order valence-electron chi connectivity index (χ2n) is 17.8. The zero-order chi connectivity index (χ0) is 35.1. The van der Waals surface area contributed by atoms with Crippen LogP contribution in [0, 0.1) is 23.7 Å². The van der Waals surface area contributed by atoms with E-state index in [9.17, 15) is 19.2 Å². The third-order valence-electron chi connectivity index (χ3n) is 15.1. The van der Waals surface area contributed by atoms with Crippen molar-refractivity contribution in [1.82, 2.24) is 9.80 Å². The number of fused-ring (bicyclic) bond motifs is 2. The average molecular weight is 691 g/mol.